The number of nitriles is 1. The molecule has 1 amide bonds. The molecule has 0 radical (unpaired) electrons. The van der Waals surface area contributed by atoms with Gasteiger partial charge >= 0.3 is 0 Å². The third-order valence-electron chi connectivity index (χ3n) is 3.58. The lowest BCUT2D eigenvalue weighted by Crippen LogP contribution is -2.29. The standard InChI is InChI=1S/C18H12ClN3O2/c19-13-6-3-5-12(8-13)16(10-20)22-18(24)15-9-11-4-1-2-7-14(11)17(23)21-15/h1-9,16H,(H,21,23)(H,22,24). The number of aromatic nitrogens is 1. The Kier molecular flexibility index (Phi) is 4.32. The summed E-state index contributed by atoms with van der Waals surface area (Å²) in [4.78, 5) is 27.0. The van der Waals surface area contributed by atoms with Gasteiger partial charge in [-0.3, -0.25) is 9.59 Å². The lowest BCUT2D eigenvalue weighted by molar-refractivity contribution is 0.0940. The van der Waals surface area contributed by atoms with Crippen molar-refractivity contribution in [3.63, 3.8) is 0 Å². The highest BCUT2D eigenvalue weighted by molar-refractivity contribution is 6.30. The van der Waals surface area contributed by atoms with Gasteiger partial charge in [0.15, 0.2) is 0 Å². The molecule has 2 N–H and O–H groups in total. The zero-order valence-corrected chi connectivity index (χ0v) is 13.2. The molecule has 0 aliphatic heterocycles. The van der Waals surface area contributed by atoms with Gasteiger partial charge in [0, 0.05) is 10.4 Å². The molecule has 5 nitrogen and oxygen atoms in total. The van der Waals surface area contributed by atoms with E-state index in [0.29, 0.717) is 21.4 Å². The molecule has 0 aliphatic rings. The number of nitrogens with one attached hydrogen (secondary N) is 2. The van der Waals surface area contributed by atoms with E-state index in [0.717, 1.165) is 0 Å². The third kappa shape index (κ3) is 3.14. The van der Waals surface area contributed by atoms with Gasteiger partial charge in [-0.05, 0) is 35.2 Å². The van der Waals surface area contributed by atoms with Crippen LogP contribution in [0.2, 0.25) is 5.02 Å². The Labute approximate surface area is 142 Å². The largest absolute Gasteiger partial charge is 0.331 e. The van der Waals surface area contributed by atoms with Crippen molar-refractivity contribution in [2.24, 2.45) is 0 Å². The Morgan fingerprint density at radius 2 is 1.96 bits per heavy atom. The number of halogens is 1. The van der Waals surface area contributed by atoms with E-state index >= 15 is 0 Å². The Bertz CT molecular complexity index is 1020. The Morgan fingerprint density at radius 1 is 1.17 bits per heavy atom. The van der Waals surface area contributed by atoms with Gasteiger partial charge in [-0.2, -0.15) is 5.26 Å². The zero-order chi connectivity index (χ0) is 17.1. The van der Waals surface area contributed by atoms with Gasteiger partial charge in [0.2, 0.25) is 0 Å². The SMILES string of the molecule is N#CC(NC(=O)c1cc2ccccc2c(=O)[nH]1)c1cccc(Cl)c1. The highest BCUT2D eigenvalue weighted by atomic mass is 35.5. The Morgan fingerprint density at radius 3 is 2.71 bits per heavy atom. The molecule has 24 heavy (non-hydrogen) atoms. The van der Waals surface area contributed by atoms with Crippen LogP contribution < -0.4 is 10.9 Å². The summed E-state index contributed by atoms with van der Waals surface area (Å²) in [7, 11) is 0. The van der Waals surface area contributed by atoms with Crippen LogP contribution in [0.15, 0.2) is 59.4 Å². The van der Waals surface area contributed by atoms with Crippen LogP contribution in [0.1, 0.15) is 22.1 Å². The number of fused-ring (bicyclic) bond motifs is 1. The van der Waals surface area contributed by atoms with E-state index in [1.54, 1.807) is 54.6 Å². The minimum Gasteiger partial charge on any atom is -0.331 e. The molecular weight excluding hydrogens is 326 g/mol. The van der Waals surface area contributed by atoms with Gasteiger partial charge in [0.1, 0.15) is 11.7 Å². The van der Waals surface area contributed by atoms with E-state index in [9.17, 15) is 14.9 Å². The highest BCUT2D eigenvalue weighted by Gasteiger charge is 2.17. The van der Waals surface area contributed by atoms with Crippen molar-refractivity contribution in [1.82, 2.24) is 10.3 Å². The van der Waals surface area contributed by atoms with Crippen LogP contribution in [-0.2, 0) is 0 Å². The molecule has 0 aliphatic carbocycles. The van der Waals surface area contributed by atoms with Crippen molar-refractivity contribution in [1.29, 1.82) is 5.26 Å². The van der Waals surface area contributed by atoms with Crippen LogP contribution in [0, 0.1) is 11.3 Å². The van der Waals surface area contributed by atoms with Gasteiger partial charge < -0.3 is 10.3 Å². The maximum Gasteiger partial charge on any atom is 0.269 e. The molecule has 0 fully saturated rings. The maximum atomic E-state index is 12.4. The van der Waals surface area contributed by atoms with Gasteiger partial charge in [-0.25, -0.2) is 0 Å². The lowest BCUT2D eigenvalue weighted by atomic mass is 10.1. The summed E-state index contributed by atoms with van der Waals surface area (Å²) in [6, 6.07) is 16.4. The number of nitrogens with zero attached hydrogens (tertiary/aromatic N) is 1. The molecule has 0 spiro atoms. The van der Waals surface area contributed by atoms with Crippen molar-refractivity contribution >= 4 is 28.3 Å². The summed E-state index contributed by atoms with van der Waals surface area (Å²) in [5.74, 6) is -0.538. The molecule has 0 saturated carbocycles. The lowest BCUT2D eigenvalue weighted by Gasteiger charge is -2.12. The van der Waals surface area contributed by atoms with Crippen LogP contribution in [-0.4, -0.2) is 10.9 Å². The van der Waals surface area contributed by atoms with Crippen molar-refractivity contribution < 1.29 is 4.79 Å². The van der Waals surface area contributed by atoms with Crippen LogP contribution in [0.3, 0.4) is 0 Å². The molecule has 0 saturated heterocycles. The summed E-state index contributed by atoms with van der Waals surface area (Å²) in [5.41, 5.74) is 0.317. The number of carbonyl (C=O) groups excluding carboxylic acids is 1. The first-order valence-corrected chi connectivity index (χ1v) is 7.54. The van der Waals surface area contributed by atoms with Crippen LogP contribution >= 0.6 is 11.6 Å². The van der Waals surface area contributed by atoms with E-state index in [-0.39, 0.29) is 11.3 Å². The first-order valence-electron chi connectivity index (χ1n) is 7.16. The number of benzene rings is 2. The summed E-state index contributed by atoms with van der Waals surface area (Å²) >= 11 is 5.92. The summed E-state index contributed by atoms with van der Waals surface area (Å²) in [6.07, 6.45) is 0. The van der Waals surface area contributed by atoms with Gasteiger partial charge in [-0.1, -0.05) is 41.9 Å². The number of rotatable bonds is 3. The minimum atomic E-state index is -0.869. The van der Waals surface area contributed by atoms with Gasteiger partial charge in [-0.15, -0.1) is 0 Å². The third-order valence-corrected chi connectivity index (χ3v) is 3.82. The second-order valence-corrected chi connectivity index (χ2v) is 5.63. The van der Waals surface area contributed by atoms with Crippen LogP contribution in [0.4, 0.5) is 0 Å². The van der Waals surface area contributed by atoms with E-state index < -0.39 is 11.9 Å². The summed E-state index contributed by atoms with van der Waals surface area (Å²) in [5, 5.41) is 13.5. The minimum absolute atomic E-state index is 0.0981. The van der Waals surface area contributed by atoms with Crippen molar-refractivity contribution in [3.8, 4) is 6.07 Å². The zero-order valence-electron chi connectivity index (χ0n) is 12.4. The average molecular weight is 338 g/mol. The number of pyridine rings is 1. The number of hydrogen-bond donors (Lipinski definition) is 2. The predicted molar refractivity (Wildman–Crippen MR) is 91.8 cm³/mol. The fourth-order valence-corrected chi connectivity index (χ4v) is 2.62. The predicted octanol–water partition coefficient (Wildman–Crippen LogP) is 3.18. The van der Waals surface area contributed by atoms with Crippen LogP contribution in [0.5, 0.6) is 0 Å². The quantitative estimate of drug-likeness (QED) is 0.769. The summed E-state index contributed by atoms with van der Waals surface area (Å²) < 4.78 is 0. The molecule has 1 aromatic heterocycles. The second-order valence-electron chi connectivity index (χ2n) is 5.19. The van der Waals surface area contributed by atoms with Crippen molar-refractivity contribution in [2.75, 3.05) is 0 Å². The topological polar surface area (TPSA) is 85.8 Å². The molecule has 0 bridgehead atoms. The molecule has 3 aromatic rings. The van der Waals surface area contributed by atoms with Crippen molar-refractivity contribution in [3.05, 3.63) is 81.2 Å². The monoisotopic (exact) mass is 337 g/mol. The maximum absolute atomic E-state index is 12.4. The van der Waals surface area contributed by atoms with Crippen molar-refractivity contribution in [2.45, 2.75) is 6.04 Å². The molecule has 1 heterocycles. The number of carbonyl (C=O) groups is 1. The number of aromatic amines is 1. The van der Waals surface area contributed by atoms with Crippen LogP contribution in [0.25, 0.3) is 10.8 Å². The summed E-state index contributed by atoms with van der Waals surface area (Å²) in [6.45, 7) is 0. The first-order chi connectivity index (χ1) is 11.6. The van der Waals surface area contributed by atoms with E-state index in [1.807, 2.05) is 6.07 Å². The molecule has 6 heteroatoms. The number of amides is 1. The van der Waals surface area contributed by atoms with E-state index in [2.05, 4.69) is 10.3 Å². The van der Waals surface area contributed by atoms with Gasteiger partial charge in [0.25, 0.3) is 11.5 Å². The molecule has 2 aromatic carbocycles. The molecule has 118 valence electrons. The van der Waals surface area contributed by atoms with E-state index in [4.69, 9.17) is 11.6 Å². The highest BCUT2D eigenvalue weighted by Crippen LogP contribution is 2.18. The number of hydrogen-bond acceptors (Lipinski definition) is 3. The molecule has 1 atom stereocenters. The smallest absolute Gasteiger partial charge is 0.269 e. The molecular formula is C18H12ClN3O2. The van der Waals surface area contributed by atoms with E-state index in [1.165, 1.54) is 0 Å². The second kappa shape index (κ2) is 6.57. The normalized spacial score (nSPS) is 11.7. The van der Waals surface area contributed by atoms with Gasteiger partial charge in [0.05, 0.1) is 6.07 Å². The fourth-order valence-electron chi connectivity index (χ4n) is 2.42. The Hall–Kier alpha value is -3.10. The average Bonchev–Trinajstić information content (AvgIpc) is 2.59. The fraction of sp³-hybridized carbons (Fsp3) is 0.0556. The number of H-pyrrole nitrogens is 1. The first kappa shape index (κ1) is 15.8. The molecule has 1 unspecified atom stereocenters. The Balaban J connectivity index is 1.92. The molecule has 3 rings (SSSR count).